The van der Waals surface area contributed by atoms with Crippen molar-refractivity contribution in [2.45, 2.75) is 6.67 Å². The molecule has 4 aromatic rings. The number of imidazole rings is 2. The van der Waals surface area contributed by atoms with Crippen molar-refractivity contribution in [3.63, 3.8) is 0 Å². The molecule has 4 rings (SSSR count). The van der Waals surface area contributed by atoms with Crippen molar-refractivity contribution in [2.75, 3.05) is 0 Å². The Kier molecular flexibility index (Phi) is 3.48. The van der Waals surface area contributed by atoms with Gasteiger partial charge in [-0.25, -0.2) is 0 Å². The summed E-state index contributed by atoms with van der Waals surface area (Å²) < 4.78 is 7.96. The van der Waals surface area contributed by atoms with Crippen LogP contribution in [0.3, 0.4) is 0 Å². The number of aromatic nitrogens is 4. The third-order valence-corrected chi connectivity index (χ3v) is 3.64. The van der Waals surface area contributed by atoms with Crippen molar-refractivity contribution >= 4 is 0 Å². The van der Waals surface area contributed by atoms with Gasteiger partial charge in [-0.05, 0) is 0 Å². The Hall–Kier alpha value is -3.14. The minimum atomic E-state index is 0.666. The Morgan fingerprint density at radius 3 is 1.52 bits per heavy atom. The summed E-state index contributed by atoms with van der Waals surface area (Å²) in [6, 6.07) is 20.4. The average Bonchev–Trinajstić information content (AvgIpc) is 3.27. The van der Waals surface area contributed by atoms with E-state index in [0.717, 1.165) is 11.4 Å². The van der Waals surface area contributed by atoms with Gasteiger partial charge in [-0.15, -0.1) is 0 Å². The van der Waals surface area contributed by atoms with E-state index < -0.39 is 0 Å². The van der Waals surface area contributed by atoms with Gasteiger partial charge in [-0.3, -0.25) is 9.13 Å². The molecule has 2 heterocycles. The van der Waals surface area contributed by atoms with E-state index in [-0.39, 0.29) is 0 Å². The maximum Gasteiger partial charge on any atom is 0.246 e. The molecule has 4 heteroatoms. The summed E-state index contributed by atoms with van der Waals surface area (Å²) in [4.78, 5) is 0. The van der Waals surface area contributed by atoms with E-state index >= 15 is 0 Å². The van der Waals surface area contributed by atoms with Crippen LogP contribution in [0.4, 0.5) is 0 Å². The molecule has 0 aliphatic carbocycles. The summed E-state index contributed by atoms with van der Waals surface area (Å²) in [6.07, 6.45) is 14.6. The van der Waals surface area contributed by atoms with E-state index in [2.05, 4.69) is 36.9 Å². The van der Waals surface area contributed by atoms with Gasteiger partial charge in [0.15, 0.2) is 6.67 Å². The Labute approximate surface area is 135 Å². The van der Waals surface area contributed by atoms with Crippen LogP contribution in [0.15, 0.2) is 85.5 Å². The van der Waals surface area contributed by atoms with Crippen LogP contribution >= 0.6 is 0 Å². The van der Waals surface area contributed by atoms with Crippen molar-refractivity contribution in [3.05, 3.63) is 98.1 Å². The summed E-state index contributed by atoms with van der Waals surface area (Å²) in [7, 11) is 0. The molecule has 0 saturated heterocycles. The van der Waals surface area contributed by atoms with Crippen LogP contribution in [0.2, 0.25) is 0 Å². The maximum atomic E-state index is 3.31. The third kappa shape index (κ3) is 2.92. The molecule has 0 fully saturated rings. The molecule has 0 saturated carbocycles. The monoisotopic (exact) mass is 300 g/mol. The summed E-state index contributed by atoms with van der Waals surface area (Å²) in [5, 5.41) is 0. The number of para-hydroxylation sites is 2. The van der Waals surface area contributed by atoms with E-state index in [1.54, 1.807) is 0 Å². The van der Waals surface area contributed by atoms with Crippen molar-refractivity contribution in [2.24, 2.45) is 0 Å². The van der Waals surface area contributed by atoms with E-state index in [1.165, 1.54) is 0 Å². The molecular weight excluding hydrogens is 284 g/mol. The Balaban J connectivity index is 1.53. The second-order valence-corrected chi connectivity index (χ2v) is 5.29. The SMILES string of the molecule is [c-]1n(-c2ccccc2)cc[n+]1C[n+]1[c-]n(-c2ccccc2)cc1. The molecule has 23 heavy (non-hydrogen) atoms. The van der Waals surface area contributed by atoms with Gasteiger partial charge >= 0.3 is 0 Å². The highest BCUT2D eigenvalue weighted by molar-refractivity contribution is 5.30. The molecule has 0 bridgehead atoms. The molecule has 0 spiro atoms. The zero-order chi connectivity index (χ0) is 15.5. The van der Waals surface area contributed by atoms with Gasteiger partial charge in [0.1, 0.15) is 0 Å². The van der Waals surface area contributed by atoms with E-state index in [9.17, 15) is 0 Å². The minimum Gasteiger partial charge on any atom is -0.326 e. The fraction of sp³-hybridized carbons (Fsp3) is 0.0526. The first-order valence-corrected chi connectivity index (χ1v) is 7.49. The highest BCUT2D eigenvalue weighted by Crippen LogP contribution is 2.05. The quantitative estimate of drug-likeness (QED) is 0.405. The number of hydrogen-bond acceptors (Lipinski definition) is 0. The molecule has 0 atom stereocenters. The van der Waals surface area contributed by atoms with Crippen LogP contribution in [0.5, 0.6) is 0 Å². The van der Waals surface area contributed by atoms with Crippen LogP contribution in [0, 0.1) is 12.7 Å². The molecule has 0 aliphatic rings. The molecule has 2 aromatic heterocycles. The van der Waals surface area contributed by atoms with Gasteiger partial charge < -0.3 is 9.13 Å². The number of nitrogens with zero attached hydrogens (tertiary/aromatic N) is 4. The zero-order valence-corrected chi connectivity index (χ0v) is 12.6. The number of hydrogen-bond donors (Lipinski definition) is 0. The molecular formula is C19H16N4. The fourth-order valence-corrected chi connectivity index (χ4v) is 2.49. The molecule has 0 unspecified atom stereocenters. The second-order valence-electron chi connectivity index (χ2n) is 5.29. The Bertz CT molecular complexity index is 816. The predicted octanol–water partition coefficient (Wildman–Crippen LogP) is 1.95. The van der Waals surface area contributed by atoms with Crippen LogP contribution < -0.4 is 9.13 Å². The fourth-order valence-electron chi connectivity index (χ4n) is 2.49. The lowest BCUT2D eigenvalue weighted by Gasteiger charge is -2.02. The summed E-state index contributed by atoms with van der Waals surface area (Å²) in [5.41, 5.74) is 2.20. The number of benzene rings is 2. The van der Waals surface area contributed by atoms with E-state index in [1.807, 2.05) is 79.5 Å². The summed E-state index contributed by atoms with van der Waals surface area (Å²) in [6.45, 7) is 0.666. The molecule has 2 aromatic carbocycles. The molecule has 0 radical (unpaired) electrons. The maximum absolute atomic E-state index is 3.31. The molecule has 0 N–H and O–H groups in total. The van der Waals surface area contributed by atoms with Gasteiger partial charge in [0.05, 0.1) is 11.4 Å². The zero-order valence-electron chi connectivity index (χ0n) is 12.6. The Morgan fingerprint density at radius 2 is 1.09 bits per heavy atom. The summed E-state index contributed by atoms with van der Waals surface area (Å²) >= 11 is 0. The number of rotatable bonds is 4. The van der Waals surface area contributed by atoms with Crippen molar-refractivity contribution in [1.82, 2.24) is 9.13 Å². The van der Waals surface area contributed by atoms with Crippen LogP contribution in [0.1, 0.15) is 0 Å². The van der Waals surface area contributed by atoms with Gasteiger partial charge in [0.25, 0.3) is 0 Å². The van der Waals surface area contributed by atoms with Gasteiger partial charge in [0, 0.05) is 24.8 Å². The van der Waals surface area contributed by atoms with E-state index in [0.29, 0.717) is 6.67 Å². The topological polar surface area (TPSA) is 17.6 Å². The van der Waals surface area contributed by atoms with Gasteiger partial charge in [-0.1, -0.05) is 60.7 Å². The lowest BCUT2D eigenvalue weighted by Crippen LogP contribution is -2.50. The van der Waals surface area contributed by atoms with Crippen molar-refractivity contribution in [1.29, 1.82) is 0 Å². The smallest absolute Gasteiger partial charge is 0.246 e. The van der Waals surface area contributed by atoms with Crippen LogP contribution in [-0.2, 0) is 6.67 Å². The van der Waals surface area contributed by atoms with Crippen molar-refractivity contribution in [3.8, 4) is 11.4 Å². The van der Waals surface area contributed by atoms with Crippen LogP contribution in [0.25, 0.3) is 11.4 Å². The van der Waals surface area contributed by atoms with E-state index in [4.69, 9.17) is 0 Å². The van der Waals surface area contributed by atoms with Gasteiger partial charge in [-0.2, -0.15) is 0 Å². The van der Waals surface area contributed by atoms with Crippen LogP contribution in [-0.4, -0.2) is 9.13 Å². The third-order valence-electron chi connectivity index (χ3n) is 3.64. The molecule has 0 aliphatic heterocycles. The first-order chi connectivity index (χ1) is 11.4. The molecule has 4 nitrogen and oxygen atoms in total. The first-order valence-electron chi connectivity index (χ1n) is 7.49. The largest absolute Gasteiger partial charge is 0.326 e. The van der Waals surface area contributed by atoms with Gasteiger partial charge in [0.2, 0.25) is 12.7 Å². The Morgan fingerprint density at radius 1 is 0.652 bits per heavy atom. The minimum absolute atomic E-state index is 0.666. The normalized spacial score (nSPS) is 10.8. The predicted molar refractivity (Wildman–Crippen MR) is 85.0 cm³/mol. The first kappa shape index (κ1) is 13.5. The highest BCUT2D eigenvalue weighted by atomic mass is 15.2. The standard InChI is InChI=1S/C19H16N4/c1-3-7-18(8-4-1)22-13-11-20(16-22)15-21-12-14-23(17-21)19-9-5-2-6-10-19/h1-14H,15H2. The average molecular weight is 300 g/mol. The molecule has 0 amide bonds. The highest BCUT2D eigenvalue weighted by Gasteiger charge is 2.03. The second kappa shape index (κ2) is 5.93. The summed E-state index contributed by atoms with van der Waals surface area (Å²) in [5.74, 6) is 0. The lowest BCUT2D eigenvalue weighted by molar-refractivity contribution is -0.916. The lowest BCUT2D eigenvalue weighted by atomic mass is 10.3. The van der Waals surface area contributed by atoms with Crippen molar-refractivity contribution < 1.29 is 9.13 Å². The molecule has 112 valence electrons.